The molecule has 0 N–H and O–H groups in total. The molecule has 0 spiro atoms. The Bertz CT molecular complexity index is 692. The molecule has 1 aliphatic carbocycles. The van der Waals surface area contributed by atoms with Crippen molar-refractivity contribution < 1.29 is 0 Å². The highest BCUT2D eigenvalue weighted by Crippen LogP contribution is 2.44. The van der Waals surface area contributed by atoms with Crippen molar-refractivity contribution in [1.29, 1.82) is 15.8 Å². The lowest BCUT2D eigenvalue weighted by Crippen LogP contribution is -2.38. The van der Waals surface area contributed by atoms with Crippen LogP contribution in [0.5, 0.6) is 0 Å². The fraction of sp³-hybridized carbons (Fsp3) is 0.650. The molecule has 1 saturated heterocycles. The Morgan fingerprint density at radius 1 is 1.12 bits per heavy atom. The summed E-state index contributed by atoms with van der Waals surface area (Å²) in [6, 6.07) is 6.30. The van der Waals surface area contributed by atoms with Gasteiger partial charge < -0.3 is 4.90 Å². The molecule has 0 aromatic heterocycles. The predicted molar refractivity (Wildman–Crippen MR) is 109 cm³/mol. The molecular formula is C20H26N4S2. The van der Waals surface area contributed by atoms with Gasteiger partial charge in [-0.15, -0.1) is 0 Å². The number of nitriles is 3. The van der Waals surface area contributed by atoms with Crippen LogP contribution in [-0.2, 0) is 0 Å². The van der Waals surface area contributed by atoms with Gasteiger partial charge in [-0.2, -0.15) is 39.3 Å². The summed E-state index contributed by atoms with van der Waals surface area (Å²) < 4.78 is 0. The highest BCUT2D eigenvalue weighted by Gasteiger charge is 2.35. The lowest BCUT2D eigenvalue weighted by molar-refractivity contribution is 0.234. The molecule has 138 valence electrons. The summed E-state index contributed by atoms with van der Waals surface area (Å²) in [6.07, 6.45) is 5.84. The molecule has 26 heavy (non-hydrogen) atoms. The molecule has 4 nitrogen and oxygen atoms in total. The molecule has 0 aromatic carbocycles. The third kappa shape index (κ3) is 5.00. The number of thioether (sulfide) groups is 2. The Morgan fingerprint density at radius 2 is 1.77 bits per heavy atom. The normalized spacial score (nSPS) is 20.3. The maximum absolute atomic E-state index is 9.77. The van der Waals surface area contributed by atoms with Crippen LogP contribution in [-0.4, -0.2) is 41.0 Å². The van der Waals surface area contributed by atoms with Crippen LogP contribution in [0, 0.1) is 39.4 Å². The van der Waals surface area contributed by atoms with Crippen molar-refractivity contribution in [3.05, 3.63) is 22.4 Å². The van der Waals surface area contributed by atoms with Crippen molar-refractivity contribution in [2.24, 2.45) is 5.41 Å². The highest BCUT2D eigenvalue weighted by molar-refractivity contribution is 8.02. The molecular weight excluding hydrogens is 360 g/mol. The molecule has 0 atom stereocenters. The van der Waals surface area contributed by atoms with Gasteiger partial charge in [0.25, 0.3) is 0 Å². The maximum atomic E-state index is 9.77. The van der Waals surface area contributed by atoms with Crippen molar-refractivity contribution in [3.63, 3.8) is 0 Å². The second-order valence-electron chi connectivity index (χ2n) is 7.58. The molecule has 0 unspecified atom stereocenters. The SMILES string of the molecule is CSCCSC1CCN(C2=C(C#N)C(=C(C#N)C#N)CC(C)(C)C2)CC1. The summed E-state index contributed by atoms with van der Waals surface area (Å²) in [5, 5.41) is 29.1. The van der Waals surface area contributed by atoms with Gasteiger partial charge in [-0.05, 0) is 37.4 Å². The molecule has 1 aliphatic heterocycles. The van der Waals surface area contributed by atoms with E-state index in [0.29, 0.717) is 22.8 Å². The van der Waals surface area contributed by atoms with Gasteiger partial charge in [0, 0.05) is 41.1 Å². The van der Waals surface area contributed by atoms with E-state index in [9.17, 15) is 15.8 Å². The zero-order chi connectivity index (χ0) is 19.2. The summed E-state index contributed by atoms with van der Waals surface area (Å²) in [7, 11) is 0. The van der Waals surface area contributed by atoms with E-state index in [-0.39, 0.29) is 11.0 Å². The zero-order valence-electron chi connectivity index (χ0n) is 15.8. The number of hydrogen-bond acceptors (Lipinski definition) is 6. The van der Waals surface area contributed by atoms with Crippen LogP contribution in [0.1, 0.15) is 39.5 Å². The molecule has 1 fully saturated rings. The van der Waals surface area contributed by atoms with E-state index in [1.807, 2.05) is 23.9 Å². The summed E-state index contributed by atoms with van der Waals surface area (Å²) in [6.45, 7) is 6.21. The van der Waals surface area contributed by atoms with E-state index in [1.165, 1.54) is 11.5 Å². The monoisotopic (exact) mass is 386 g/mol. The van der Waals surface area contributed by atoms with Crippen molar-refractivity contribution in [1.82, 2.24) is 4.90 Å². The van der Waals surface area contributed by atoms with E-state index in [2.05, 4.69) is 42.8 Å². The minimum Gasteiger partial charge on any atom is -0.374 e. The third-order valence-electron chi connectivity index (χ3n) is 4.99. The number of allylic oxidation sites excluding steroid dienone is 4. The summed E-state index contributed by atoms with van der Waals surface area (Å²) in [5.41, 5.74) is 2.29. The number of rotatable bonds is 5. The van der Waals surface area contributed by atoms with Crippen LogP contribution < -0.4 is 0 Å². The van der Waals surface area contributed by atoms with Crippen LogP contribution >= 0.6 is 23.5 Å². The van der Waals surface area contributed by atoms with Crippen LogP contribution in [0.3, 0.4) is 0 Å². The summed E-state index contributed by atoms with van der Waals surface area (Å²) in [5.74, 6) is 2.40. The van der Waals surface area contributed by atoms with Gasteiger partial charge in [0.05, 0.1) is 5.57 Å². The largest absolute Gasteiger partial charge is 0.374 e. The molecule has 0 amide bonds. The maximum Gasteiger partial charge on any atom is 0.134 e. The van der Waals surface area contributed by atoms with Crippen molar-refractivity contribution in [2.75, 3.05) is 30.9 Å². The highest BCUT2D eigenvalue weighted by atomic mass is 32.2. The van der Waals surface area contributed by atoms with E-state index < -0.39 is 0 Å². The minimum atomic E-state index is -0.0477. The molecule has 0 radical (unpaired) electrons. The Morgan fingerprint density at radius 3 is 2.31 bits per heavy atom. The fourth-order valence-electron chi connectivity index (χ4n) is 3.71. The topological polar surface area (TPSA) is 74.6 Å². The van der Waals surface area contributed by atoms with Crippen LogP contribution in [0.25, 0.3) is 0 Å². The average Bonchev–Trinajstić information content (AvgIpc) is 2.62. The lowest BCUT2D eigenvalue weighted by Gasteiger charge is -2.41. The molecule has 2 aliphatic rings. The Kier molecular flexibility index (Phi) is 7.51. The second kappa shape index (κ2) is 9.40. The van der Waals surface area contributed by atoms with E-state index in [4.69, 9.17) is 0 Å². The molecule has 0 saturated carbocycles. The molecule has 6 heteroatoms. The molecule has 1 heterocycles. The molecule has 2 rings (SSSR count). The fourth-order valence-corrected chi connectivity index (χ4v) is 5.64. The van der Waals surface area contributed by atoms with Gasteiger partial charge in [0.1, 0.15) is 23.8 Å². The van der Waals surface area contributed by atoms with Gasteiger partial charge in [-0.3, -0.25) is 0 Å². The molecule has 0 bridgehead atoms. The predicted octanol–water partition coefficient (Wildman–Crippen LogP) is 4.49. The first kappa shape index (κ1) is 20.8. The van der Waals surface area contributed by atoms with Crippen LogP contribution in [0.2, 0.25) is 0 Å². The van der Waals surface area contributed by atoms with Crippen molar-refractivity contribution in [2.45, 2.75) is 44.8 Å². The number of hydrogen-bond donors (Lipinski definition) is 0. The van der Waals surface area contributed by atoms with Gasteiger partial charge in [-0.25, -0.2) is 0 Å². The Balaban J connectivity index is 2.24. The van der Waals surface area contributed by atoms with Gasteiger partial charge >= 0.3 is 0 Å². The average molecular weight is 387 g/mol. The second-order valence-corrected chi connectivity index (χ2v) is 9.97. The van der Waals surface area contributed by atoms with Crippen LogP contribution in [0.15, 0.2) is 22.4 Å². The smallest absolute Gasteiger partial charge is 0.134 e. The van der Waals surface area contributed by atoms with Gasteiger partial charge in [0.15, 0.2) is 0 Å². The number of piperidine rings is 1. The third-order valence-corrected chi connectivity index (χ3v) is 7.25. The van der Waals surface area contributed by atoms with E-state index >= 15 is 0 Å². The summed E-state index contributed by atoms with van der Waals surface area (Å²) >= 11 is 3.96. The Hall–Kier alpha value is -1.55. The van der Waals surface area contributed by atoms with Crippen LogP contribution in [0.4, 0.5) is 0 Å². The van der Waals surface area contributed by atoms with Gasteiger partial charge in [0.2, 0.25) is 0 Å². The lowest BCUT2D eigenvalue weighted by atomic mass is 9.72. The first-order valence-electron chi connectivity index (χ1n) is 8.98. The standard InChI is InChI=1S/C20H26N4S2/c1-20(2)10-17(15(12-21)13-22)18(14-23)19(11-20)24-6-4-16(5-7-24)26-9-8-25-3/h16H,4-11H2,1-3H3. The Labute approximate surface area is 165 Å². The first-order valence-corrected chi connectivity index (χ1v) is 11.4. The molecule has 0 aromatic rings. The quantitative estimate of drug-likeness (QED) is 0.512. The van der Waals surface area contributed by atoms with Crippen molar-refractivity contribution >= 4 is 23.5 Å². The first-order chi connectivity index (χ1) is 12.5. The number of nitrogens with zero attached hydrogens (tertiary/aromatic N) is 4. The number of likely N-dealkylation sites (tertiary alicyclic amines) is 1. The van der Waals surface area contributed by atoms with E-state index in [0.717, 1.165) is 38.0 Å². The van der Waals surface area contributed by atoms with Gasteiger partial charge in [-0.1, -0.05) is 13.8 Å². The summed E-state index contributed by atoms with van der Waals surface area (Å²) in [4.78, 5) is 2.33. The van der Waals surface area contributed by atoms with Crippen molar-refractivity contribution in [3.8, 4) is 18.2 Å². The van der Waals surface area contributed by atoms with E-state index in [1.54, 1.807) is 0 Å². The zero-order valence-corrected chi connectivity index (χ0v) is 17.5. The minimum absolute atomic E-state index is 0.0477.